The lowest BCUT2D eigenvalue weighted by Gasteiger charge is -2.08. The molecule has 0 fully saturated rings. The van der Waals surface area contributed by atoms with Crippen LogP contribution in [0, 0.1) is 0 Å². The van der Waals surface area contributed by atoms with Gasteiger partial charge in [-0.05, 0) is 38.2 Å². The second kappa shape index (κ2) is 8.60. The number of aromatic nitrogens is 1. The number of carboxylic acids is 2. The highest BCUT2D eigenvalue weighted by atomic mass is 16.4. The largest absolute Gasteiger partial charge is 0.507 e. The van der Waals surface area contributed by atoms with E-state index in [1.165, 1.54) is 5.56 Å². The molecule has 0 amide bonds. The molecule has 0 unspecified atom stereocenters. The van der Waals surface area contributed by atoms with Crippen LogP contribution in [0.2, 0.25) is 0 Å². The fourth-order valence-corrected chi connectivity index (χ4v) is 1.92. The van der Waals surface area contributed by atoms with E-state index < -0.39 is 11.9 Å². The minimum atomic E-state index is -1.26. The van der Waals surface area contributed by atoms with Crippen LogP contribution in [0.25, 0.3) is 10.9 Å². The van der Waals surface area contributed by atoms with Gasteiger partial charge in [0.1, 0.15) is 5.75 Å². The van der Waals surface area contributed by atoms with Crippen molar-refractivity contribution in [3.05, 3.63) is 42.1 Å². The fraction of sp³-hybridized carbons (Fsp3) is 0.250. The van der Waals surface area contributed by atoms with Crippen LogP contribution in [0.3, 0.4) is 0 Å². The number of nitrogens with zero attached hydrogens (tertiary/aromatic N) is 1. The van der Waals surface area contributed by atoms with Crippen molar-refractivity contribution >= 4 is 22.8 Å². The van der Waals surface area contributed by atoms with Gasteiger partial charge in [-0.25, -0.2) is 9.59 Å². The molecule has 0 bridgehead atoms. The van der Waals surface area contributed by atoms with Gasteiger partial charge in [0.25, 0.3) is 0 Å². The van der Waals surface area contributed by atoms with Gasteiger partial charge in [-0.1, -0.05) is 6.07 Å². The summed E-state index contributed by atoms with van der Waals surface area (Å²) in [6.07, 6.45) is 4.04. The van der Waals surface area contributed by atoms with Gasteiger partial charge in [-0.3, -0.25) is 0 Å². The smallest absolute Gasteiger partial charge is 0.328 e. The maximum Gasteiger partial charge on any atom is 0.328 e. The van der Waals surface area contributed by atoms with Crippen molar-refractivity contribution in [3.8, 4) is 5.75 Å². The highest BCUT2D eigenvalue weighted by Gasteiger charge is 2.07. The quantitative estimate of drug-likeness (QED) is 0.623. The van der Waals surface area contributed by atoms with Gasteiger partial charge in [-0.2, -0.15) is 0 Å². The number of carboxylic acid groups (broad SMARTS) is 2. The van der Waals surface area contributed by atoms with Crippen LogP contribution in [-0.2, 0) is 16.0 Å². The third-order valence-electron chi connectivity index (χ3n) is 2.96. The second-order valence-electron chi connectivity index (χ2n) is 5.08. The maximum absolute atomic E-state index is 9.77. The molecule has 7 heteroatoms. The van der Waals surface area contributed by atoms with Crippen molar-refractivity contribution in [2.75, 3.05) is 20.6 Å². The van der Waals surface area contributed by atoms with Gasteiger partial charge in [0.05, 0.1) is 0 Å². The molecule has 0 aliphatic rings. The molecule has 1 heterocycles. The molecular weight excluding hydrogens is 300 g/mol. The molecule has 1 aromatic heterocycles. The minimum Gasteiger partial charge on any atom is -0.507 e. The number of H-pyrrole nitrogens is 1. The van der Waals surface area contributed by atoms with E-state index in [9.17, 15) is 14.7 Å². The lowest BCUT2D eigenvalue weighted by Crippen LogP contribution is -2.14. The van der Waals surface area contributed by atoms with Crippen LogP contribution in [0.4, 0.5) is 0 Å². The zero-order valence-electron chi connectivity index (χ0n) is 13.0. The molecule has 23 heavy (non-hydrogen) atoms. The molecular formula is C16H20N2O5. The Bertz CT molecular complexity index is 688. The summed E-state index contributed by atoms with van der Waals surface area (Å²) >= 11 is 0. The van der Waals surface area contributed by atoms with Crippen LogP contribution < -0.4 is 0 Å². The Kier molecular flexibility index (Phi) is 6.82. The number of aromatic hydroxyl groups is 1. The average Bonchev–Trinajstić information content (AvgIpc) is 2.88. The molecule has 2 rings (SSSR count). The van der Waals surface area contributed by atoms with Crippen LogP contribution in [0.1, 0.15) is 5.56 Å². The first-order chi connectivity index (χ1) is 10.8. The van der Waals surface area contributed by atoms with Gasteiger partial charge in [0.15, 0.2) is 0 Å². The van der Waals surface area contributed by atoms with Crippen LogP contribution in [0.15, 0.2) is 36.5 Å². The summed E-state index contributed by atoms with van der Waals surface area (Å²) in [5.74, 6) is -2.15. The number of aliphatic carboxylic acids is 2. The topological polar surface area (TPSA) is 114 Å². The van der Waals surface area contributed by atoms with E-state index in [-0.39, 0.29) is 0 Å². The zero-order valence-corrected chi connectivity index (χ0v) is 13.0. The van der Waals surface area contributed by atoms with E-state index in [1.807, 2.05) is 18.3 Å². The molecule has 0 aliphatic heterocycles. The molecule has 7 nitrogen and oxygen atoms in total. The fourth-order valence-electron chi connectivity index (χ4n) is 1.92. The Morgan fingerprint density at radius 3 is 2.30 bits per heavy atom. The number of rotatable bonds is 5. The molecule has 0 aliphatic carbocycles. The summed E-state index contributed by atoms with van der Waals surface area (Å²) in [6, 6.07) is 5.56. The molecule has 1 aromatic carbocycles. The summed E-state index contributed by atoms with van der Waals surface area (Å²) in [4.78, 5) is 24.4. The summed E-state index contributed by atoms with van der Waals surface area (Å²) in [5, 5.41) is 26.4. The molecule has 0 spiro atoms. The van der Waals surface area contributed by atoms with Crippen molar-refractivity contribution in [1.82, 2.24) is 9.88 Å². The second-order valence-corrected chi connectivity index (χ2v) is 5.08. The predicted molar refractivity (Wildman–Crippen MR) is 86.6 cm³/mol. The van der Waals surface area contributed by atoms with Gasteiger partial charge in [-0.15, -0.1) is 0 Å². The summed E-state index contributed by atoms with van der Waals surface area (Å²) < 4.78 is 0. The standard InChI is InChI=1S/C12H16N2O.C4H4O4/c1-14(2)7-6-9-8-13-10-4-3-5-11(15)12(9)10;5-3(6)1-2-4(7)8/h3-5,8,13,15H,6-7H2,1-2H3;1-2H,(H,5,6)(H,7,8)/b;2-1+. The van der Waals surface area contributed by atoms with E-state index >= 15 is 0 Å². The zero-order chi connectivity index (χ0) is 17.4. The molecule has 2 aromatic rings. The third-order valence-corrected chi connectivity index (χ3v) is 2.96. The Morgan fingerprint density at radius 2 is 1.78 bits per heavy atom. The van der Waals surface area contributed by atoms with Crippen LogP contribution in [-0.4, -0.2) is 57.8 Å². The van der Waals surface area contributed by atoms with Crippen molar-refractivity contribution < 1.29 is 24.9 Å². The minimum absolute atomic E-state index is 0.363. The number of nitrogens with one attached hydrogen (secondary N) is 1. The van der Waals surface area contributed by atoms with E-state index in [0.29, 0.717) is 17.9 Å². The molecule has 4 N–H and O–H groups in total. The van der Waals surface area contributed by atoms with E-state index in [1.54, 1.807) is 6.07 Å². The highest BCUT2D eigenvalue weighted by Crippen LogP contribution is 2.27. The lowest BCUT2D eigenvalue weighted by atomic mass is 10.1. The number of likely N-dealkylation sites (N-methyl/N-ethyl adjacent to an activating group) is 1. The number of hydrogen-bond donors (Lipinski definition) is 4. The Hall–Kier alpha value is -2.80. The molecule has 124 valence electrons. The lowest BCUT2D eigenvalue weighted by molar-refractivity contribution is -0.134. The van der Waals surface area contributed by atoms with Gasteiger partial charge in [0, 0.05) is 35.8 Å². The molecule has 0 saturated heterocycles. The van der Waals surface area contributed by atoms with Gasteiger partial charge >= 0.3 is 11.9 Å². The van der Waals surface area contributed by atoms with E-state index in [0.717, 1.165) is 23.9 Å². The number of phenols is 1. The van der Waals surface area contributed by atoms with Crippen LogP contribution >= 0.6 is 0 Å². The third kappa shape index (κ3) is 6.23. The monoisotopic (exact) mass is 320 g/mol. The normalized spacial score (nSPS) is 10.7. The predicted octanol–water partition coefficient (Wildman–Crippen LogP) is 1.69. The number of benzene rings is 1. The number of phenolic OH excluding ortho intramolecular Hbond substituents is 1. The highest BCUT2D eigenvalue weighted by molar-refractivity contribution is 5.90. The number of hydrogen-bond acceptors (Lipinski definition) is 4. The maximum atomic E-state index is 9.77. The van der Waals surface area contributed by atoms with Crippen molar-refractivity contribution in [1.29, 1.82) is 0 Å². The van der Waals surface area contributed by atoms with Crippen molar-refractivity contribution in [3.63, 3.8) is 0 Å². The van der Waals surface area contributed by atoms with E-state index in [2.05, 4.69) is 24.0 Å². The Balaban J connectivity index is 0.000000284. The first kappa shape index (κ1) is 18.2. The van der Waals surface area contributed by atoms with E-state index in [4.69, 9.17) is 10.2 Å². The van der Waals surface area contributed by atoms with Gasteiger partial charge in [0.2, 0.25) is 0 Å². The summed E-state index contributed by atoms with van der Waals surface area (Å²) in [6.45, 7) is 0.987. The molecule has 0 radical (unpaired) electrons. The molecule has 0 saturated carbocycles. The van der Waals surface area contributed by atoms with Crippen molar-refractivity contribution in [2.45, 2.75) is 6.42 Å². The Labute approximate surface area is 133 Å². The van der Waals surface area contributed by atoms with Gasteiger partial charge < -0.3 is 25.2 Å². The van der Waals surface area contributed by atoms with Crippen LogP contribution in [0.5, 0.6) is 5.75 Å². The first-order valence-corrected chi connectivity index (χ1v) is 6.88. The molecule has 0 atom stereocenters. The Morgan fingerprint density at radius 1 is 1.17 bits per heavy atom. The first-order valence-electron chi connectivity index (χ1n) is 6.88. The summed E-state index contributed by atoms with van der Waals surface area (Å²) in [5.41, 5.74) is 2.18. The number of fused-ring (bicyclic) bond motifs is 1. The number of carbonyl (C=O) groups is 2. The average molecular weight is 320 g/mol. The SMILES string of the molecule is CN(C)CCc1c[nH]c2cccc(O)c12.O=C(O)/C=C/C(=O)O. The summed E-state index contributed by atoms with van der Waals surface area (Å²) in [7, 11) is 4.10. The number of aromatic amines is 1. The van der Waals surface area contributed by atoms with Crippen molar-refractivity contribution in [2.24, 2.45) is 0 Å².